The summed E-state index contributed by atoms with van der Waals surface area (Å²) >= 11 is 0. The number of β-amino-alcohol motifs (C(OH)–C–C–N with tert-alkyl or cyclic N) is 1. The molecule has 5 heteroatoms. The summed E-state index contributed by atoms with van der Waals surface area (Å²) in [6.45, 7) is 4.29. The molecule has 1 aromatic rings. The molecule has 0 aliphatic carbocycles. The Morgan fingerprint density at radius 3 is 2.74 bits per heavy atom. The number of rotatable bonds is 5. The third-order valence-electron chi connectivity index (χ3n) is 4.66. The largest absolute Gasteiger partial charge is 0.483 e. The molecule has 1 aromatic carbocycles. The Hall–Kier alpha value is -1.59. The molecule has 1 N–H and O–H groups in total. The average Bonchev–Trinajstić information content (AvgIpc) is 3.08. The number of hydrogen-bond donors (Lipinski definition) is 1. The zero-order chi connectivity index (χ0) is 16.1. The maximum absolute atomic E-state index is 12.1. The lowest BCUT2D eigenvalue weighted by Crippen LogP contribution is -2.37. The van der Waals surface area contributed by atoms with E-state index in [2.05, 4.69) is 4.90 Å². The molecule has 1 atom stereocenters. The van der Waals surface area contributed by atoms with E-state index in [1.54, 1.807) is 0 Å². The fourth-order valence-corrected chi connectivity index (χ4v) is 3.39. The van der Waals surface area contributed by atoms with Crippen molar-refractivity contribution in [2.45, 2.75) is 38.3 Å². The van der Waals surface area contributed by atoms with Gasteiger partial charge in [-0.1, -0.05) is 18.2 Å². The first kappa shape index (κ1) is 16.3. The van der Waals surface area contributed by atoms with E-state index in [1.165, 1.54) is 0 Å². The maximum Gasteiger partial charge on any atom is 0.260 e. The number of piperidine rings is 1. The number of ether oxygens (including phenoxy) is 1. The molecule has 0 aromatic heterocycles. The summed E-state index contributed by atoms with van der Waals surface area (Å²) in [4.78, 5) is 16.2. The summed E-state index contributed by atoms with van der Waals surface area (Å²) in [6.07, 6.45) is 3.88. The summed E-state index contributed by atoms with van der Waals surface area (Å²) in [5.74, 6) is 0.853. The van der Waals surface area contributed by atoms with Gasteiger partial charge in [0, 0.05) is 31.7 Å². The molecule has 3 rings (SSSR count). The standard InChI is InChI=1S/C18H26N2O3/c21-16-7-5-9-19(13-16)12-15-6-1-2-8-17(15)23-14-18(22)20-10-3-4-11-20/h1-2,6,8,16,21H,3-5,7,9-14H2. The number of likely N-dealkylation sites (tertiary alicyclic amines) is 2. The summed E-state index contributed by atoms with van der Waals surface area (Å²) in [5, 5.41) is 9.80. The molecule has 1 unspecified atom stereocenters. The van der Waals surface area contributed by atoms with Crippen molar-refractivity contribution in [2.75, 3.05) is 32.8 Å². The van der Waals surface area contributed by atoms with E-state index in [0.717, 1.165) is 63.2 Å². The summed E-state index contributed by atoms with van der Waals surface area (Å²) in [5.41, 5.74) is 1.08. The molecule has 2 aliphatic heterocycles. The Morgan fingerprint density at radius 2 is 1.96 bits per heavy atom. The van der Waals surface area contributed by atoms with Crippen LogP contribution in [-0.4, -0.2) is 59.7 Å². The van der Waals surface area contributed by atoms with Gasteiger partial charge in [-0.05, 0) is 38.3 Å². The summed E-state index contributed by atoms with van der Waals surface area (Å²) in [7, 11) is 0. The number of amides is 1. The molecule has 2 fully saturated rings. The first-order valence-electron chi connectivity index (χ1n) is 8.61. The maximum atomic E-state index is 12.1. The Balaban J connectivity index is 1.57. The molecule has 2 aliphatic rings. The monoisotopic (exact) mass is 318 g/mol. The predicted octanol–water partition coefficient (Wildman–Crippen LogP) is 1.64. The van der Waals surface area contributed by atoms with E-state index in [1.807, 2.05) is 29.2 Å². The van der Waals surface area contributed by atoms with Crippen LogP contribution in [0.25, 0.3) is 0 Å². The number of para-hydroxylation sites is 1. The SMILES string of the molecule is O=C(COc1ccccc1CN1CCCC(O)C1)N1CCCC1. The van der Waals surface area contributed by atoms with Crippen LogP contribution in [0, 0.1) is 0 Å². The van der Waals surface area contributed by atoms with Gasteiger partial charge in [-0.2, -0.15) is 0 Å². The van der Waals surface area contributed by atoms with Crippen molar-refractivity contribution in [3.63, 3.8) is 0 Å². The van der Waals surface area contributed by atoms with Crippen molar-refractivity contribution in [1.29, 1.82) is 0 Å². The summed E-state index contributed by atoms with van der Waals surface area (Å²) < 4.78 is 5.80. The molecule has 1 amide bonds. The smallest absolute Gasteiger partial charge is 0.260 e. The Morgan fingerprint density at radius 1 is 1.17 bits per heavy atom. The van der Waals surface area contributed by atoms with Gasteiger partial charge in [0.1, 0.15) is 5.75 Å². The lowest BCUT2D eigenvalue weighted by molar-refractivity contribution is -0.132. The van der Waals surface area contributed by atoms with Gasteiger partial charge < -0.3 is 14.7 Å². The summed E-state index contributed by atoms with van der Waals surface area (Å²) in [6, 6.07) is 7.89. The molecule has 23 heavy (non-hydrogen) atoms. The normalized spacial score (nSPS) is 22.3. The highest BCUT2D eigenvalue weighted by atomic mass is 16.5. The number of carbonyl (C=O) groups is 1. The third kappa shape index (κ3) is 4.45. The van der Waals surface area contributed by atoms with Gasteiger partial charge in [-0.15, -0.1) is 0 Å². The van der Waals surface area contributed by atoms with Crippen molar-refractivity contribution in [1.82, 2.24) is 9.80 Å². The number of aliphatic hydroxyl groups is 1. The fourth-order valence-electron chi connectivity index (χ4n) is 3.39. The van der Waals surface area contributed by atoms with E-state index >= 15 is 0 Å². The minimum atomic E-state index is -0.228. The van der Waals surface area contributed by atoms with Crippen LogP contribution in [0.5, 0.6) is 5.75 Å². The van der Waals surface area contributed by atoms with Gasteiger partial charge in [0.05, 0.1) is 6.10 Å². The topological polar surface area (TPSA) is 53.0 Å². The number of hydrogen-bond acceptors (Lipinski definition) is 4. The van der Waals surface area contributed by atoms with Crippen LogP contribution in [0.1, 0.15) is 31.2 Å². The number of carbonyl (C=O) groups excluding carboxylic acids is 1. The lowest BCUT2D eigenvalue weighted by atomic mass is 10.1. The molecule has 126 valence electrons. The van der Waals surface area contributed by atoms with Crippen molar-refractivity contribution in [3.05, 3.63) is 29.8 Å². The van der Waals surface area contributed by atoms with E-state index in [0.29, 0.717) is 6.54 Å². The van der Waals surface area contributed by atoms with Crippen LogP contribution in [0.4, 0.5) is 0 Å². The second-order valence-electron chi connectivity index (χ2n) is 6.52. The van der Waals surface area contributed by atoms with Crippen molar-refractivity contribution in [2.24, 2.45) is 0 Å². The molecular weight excluding hydrogens is 292 g/mol. The van der Waals surface area contributed by atoms with Crippen molar-refractivity contribution in [3.8, 4) is 5.75 Å². The van der Waals surface area contributed by atoms with Crippen LogP contribution in [0.2, 0.25) is 0 Å². The number of aliphatic hydroxyl groups excluding tert-OH is 1. The van der Waals surface area contributed by atoms with Crippen LogP contribution >= 0.6 is 0 Å². The third-order valence-corrected chi connectivity index (χ3v) is 4.66. The quantitative estimate of drug-likeness (QED) is 0.897. The molecular formula is C18H26N2O3. The zero-order valence-corrected chi connectivity index (χ0v) is 13.6. The average molecular weight is 318 g/mol. The second kappa shape index (κ2) is 7.79. The van der Waals surface area contributed by atoms with E-state index < -0.39 is 0 Å². The highest BCUT2D eigenvalue weighted by Gasteiger charge is 2.20. The van der Waals surface area contributed by atoms with Gasteiger partial charge in [-0.25, -0.2) is 0 Å². The molecule has 0 spiro atoms. The minimum Gasteiger partial charge on any atom is -0.483 e. The van der Waals surface area contributed by atoms with Gasteiger partial charge in [0.15, 0.2) is 6.61 Å². The molecule has 0 saturated carbocycles. The van der Waals surface area contributed by atoms with Crippen LogP contribution < -0.4 is 4.74 Å². The Kier molecular flexibility index (Phi) is 5.51. The predicted molar refractivity (Wildman–Crippen MR) is 88.3 cm³/mol. The van der Waals surface area contributed by atoms with Gasteiger partial charge in [0.2, 0.25) is 0 Å². The highest BCUT2D eigenvalue weighted by Crippen LogP contribution is 2.22. The van der Waals surface area contributed by atoms with Crippen LogP contribution in [0.3, 0.4) is 0 Å². The van der Waals surface area contributed by atoms with Crippen molar-refractivity contribution < 1.29 is 14.6 Å². The van der Waals surface area contributed by atoms with Crippen LogP contribution in [-0.2, 0) is 11.3 Å². The van der Waals surface area contributed by atoms with E-state index in [9.17, 15) is 9.90 Å². The second-order valence-corrected chi connectivity index (χ2v) is 6.52. The highest BCUT2D eigenvalue weighted by molar-refractivity contribution is 5.78. The van der Waals surface area contributed by atoms with Gasteiger partial charge in [0.25, 0.3) is 5.91 Å². The lowest BCUT2D eigenvalue weighted by Gasteiger charge is -2.30. The van der Waals surface area contributed by atoms with E-state index in [-0.39, 0.29) is 18.6 Å². The Labute approximate surface area is 137 Å². The Bertz CT molecular complexity index is 529. The van der Waals surface area contributed by atoms with Crippen molar-refractivity contribution >= 4 is 5.91 Å². The first-order chi connectivity index (χ1) is 11.2. The molecule has 0 bridgehead atoms. The molecule has 2 saturated heterocycles. The number of nitrogens with zero attached hydrogens (tertiary/aromatic N) is 2. The molecule has 5 nitrogen and oxygen atoms in total. The molecule has 0 radical (unpaired) electrons. The van der Waals surface area contributed by atoms with Crippen LogP contribution in [0.15, 0.2) is 24.3 Å². The zero-order valence-electron chi connectivity index (χ0n) is 13.6. The fraction of sp³-hybridized carbons (Fsp3) is 0.611. The van der Waals surface area contributed by atoms with Gasteiger partial charge >= 0.3 is 0 Å². The minimum absolute atomic E-state index is 0.0747. The van der Waals surface area contributed by atoms with E-state index in [4.69, 9.17) is 4.74 Å². The number of benzene rings is 1. The molecule has 2 heterocycles. The van der Waals surface area contributed by atoms with Gasteiger partial charge in [-0.3, -0.25) is 9.69 Å². The first-order valence-corrected chi connectivity index (χ1v) is 8.61.